The first kappa shape index (κ1) is 13.3. The lowest BCUT2D eigenvalue weighted by atomic mass is 10.1. The summed E-state index contributed by atoms with van der Waals surface area (Å²) < 4.78 is 5.72. The second-order valence-electron chi connectivity index (χ2n) is 4.89. The van der Waals surface area contributed by atoms with Crippen molar-refractivity contribution in [3.63, 3.8) is 0 Å². The molecule has 0 aliphatic carbocycles. The van der Waals surface area contributed by atoms with Crippen molar-refractivity contribution >= 4 is 11.8 Å². The minimum Gasteiger partial charge on any atom is -0.375 e. The number of rotatable bonds is 5. The van der Waals surface area contributed by atoms with E-state index in [1.165, 1.54) is 0 Å². The Hall–Kier alpha value is 0.230. The molecule has 0 aromatic heterocycles. The van der Waals surface area contributed by atoms with Crippen LogP contribution in [-0.2, 0) is 4.74 Å². The van der Waals surface area contributed by atoms with Gasteiger partial charge >= 0.3 is 0 Å². The van der Waals surface area contributed by atoms with E-state index in [4.69, 9.17) is 10.5 Å². The Kier molecular flexibility index (Phi) is 5.39. The van der Waals surface area contributed by atoms with Crippen molar-refractivity contribution in [3.8, 4) is 0 Å². The van der Waals surface area contributed by atoms with Gasteiger partial charge in [0.2, 0.25) is 0 Å². The standard InChI is InChI=1S/C11H24N2OS/c1-4-13-5-6-14-10(7-13)8-15-9-11(2,3)12/h10H,4-9,12H2,1-3H3. The van der Waals surface area contributed by atoms with E-state index in [-0.39, 0.29) is 5.54 Å². The van der Waals surface area contributed by atoms with Crippen LogP contribution in [0.15, 0.2) is 0 Å². The summed E-state index contributed by atoms with van der Waals surface area (Å²) in [7, 11) is 0. The molecule has 0 bridgehead atoms. The molecule has 0 radical (unpaired) electrons. The fourth-order valence-corrected chi connectivity index (χ4v) is 2.73. The van der Waals surface area contributed by atoms with Gasteiger partial charge in [0, 0.05) is 30.1 Å². The molecule has 1 saturated heterocycles. The summed E-state index contributed by atoms with van der Waals surface area (Å²) >= 11 is 1.90. The molecule has 15 heavy (non-hydrogen) atoms. The molecule has 1 rings (SSSR count). The molecule has 0 amide bonds. The number of hydrogen-bond acceptors (Lipinski definition) is 4. The molecule has 1 unspecified atom stereocenters. The Morgan fingerprint density at radius 2 is 2.27 bits per heavy atom. The van der Waals surface area contributed by atoms with Crippen molar-refractivity contribution in [1.82, 2.24) is 4.90 Å². The van der Waals surface area contributed by atoms with Crippen LogP contribution in [0.5, 0.6) is 0 Å². The predicted molar refractivity (Wildman–Crippen MR) is 67.4 cm³/mol. The summed E-state index contributed by atoms with van der Waals surface area (Å²) in [6.45, 7) is 10.5. The number of ether oxygens (including phenoxy) is 1. The van der Waals surface area contributed by atoms with Crippen LogP contribution in [0.2, 0.25) is 0 Å². The van der Waals surface area contributed by atoms with Crippen LogP contribution in [0.1, 0.15) is 20.8 Å². The normalized spacial score (nSPS) is 24.4. The quantitative estimate of drug-likeness (QED) is 0.772. The maximum absolute atomic E-state index is 5.93. The van der Waals surface area contributed by atoms with Crippen molar-refractivity contribution in [3.05, 3.63) is 0 Å². The van der Waals surface area contributed by atoms with E-state index in [9.17, 15) is 0 Å². The maximum Gasteiger partial charge on any atom is 0.0792 e. The van der Waals surface area contributed by atoms with Gasteiger partial charge in [0.15, 0.2) is 0 Å². The highest BCUT2D eigenvalue weighted by atomic mass is 32.2. The predicted octanol–water partition coefficient (Wildman–Crippen LogP) is 1.18. The van der Waals surface area contributed by atoms with Gasteiger partial charge in [-0.05, 0) is 20.4 Å². The van der Waals surface area contributed by atoms with E-state index in [1.807, 2.05) is 11.8 Å². The van der Waals surface area contributed by atoms with Crippen LogP contribution in [-0.4, -0.2) is 54.3 Å². The SMILES string of the molecule is CCN1CCOC(CSCC(C)(C)N)C1. The third kappa shape index (κ3) is 5.76. The maximum atomic E-state index is 5.93. The van der Waals surface area contributed by atoms with Gasteiger partial charge in [-0.2, -0.15) is 11.8 Å². The zero-order chi connectivity index (χ0) is 11.3. The van der Waals surface area contributed by atoms with Gasteiger partial charge in [0.1, 0.15) is 0 Å². The first-order valence-corrected chi connectivity index (χ1v) is 6.87. The minimum absolute atomic E-state index is 0.0657. The highest BCUT2D eigenvalue weighted by molar-refractivity contribution is 7.99. The molecule has 90 valence electrons. The Bertz CT molecular complexity index is 182. The zero-order valence-electron chi connectivity index (χ0n) is 10.2. The largest absolute Gasteiger partial charge is 0.375 e. The molecule has 0 saturated carbocycles. The lowest BCUT2D eigenvalue weighted by molar-refractivity contribution is -0.0137. The fraction of sp³-hybridized carbons (Fsp3) is 1.00. The summed E-state index contributed by atoms with van der Waals surface area (Å²) in [6, 6.07) is 0. The smallest absolute Gasteiger partial charge is 0.0792 e. The van der Waals surface area contributed by atoms with Crippen LogP contribution in [0, 0.1) is 0 Å². The molecule has 1 fully saturated rings. The number of morpholine rings is 1. The lowest BCUT2D eigenvalue weighted by Gasteiger charge is -2.32. The number of hydrogen-bond donors (Lipinski definition) is 1. The van der Waals surface area contributed by atoms with Crippen molar-refractivity contribution < 1.29 is 4.74 Å². The van der Waals surface area contributed by atoms with Crippen molar-refractivity contribution in [1.29, 1.82) is 0 Å². The molecule has 0 spiro atoms. The van der Waals surface area contributed by atoms with Gasteiger partial charge in [-0.1, -0.05) is 6.92 Å². The van der Waals surface area contributed by atoms with Crippen molar-refractivity contribution in [2.24, 2.45) is 5.73 Å². The Morgan fingerprint density at radius 3 is 2.87 bits per heavy atom. The summed E-state index contributed by atoms with van der Waals surface area (Å²) in [5.74, 6) is 2.07. The highest BCUT2D eigenvalue weighted by Crippen LogP contribution is 2.15. The molecule has 0 aromatic carbocycles. The van der Waals surface area contributed by atoms with Crippen LogP contribution >= 0.6 is 11.8 Å². The molecule has 3 nitrogen and oxygen atoms in total. The third-order valence-corrected chi connectivity index (χ3v) is 4.00. The van der Waals surface area contributed by atoms with Crippen LogP contribution < -0.4 is 5.73 Å². The van der Waals surface area contributed by atoms with Crippen LogP contribution in [0.4, 0.5) is 0 Å². The van der Waals surface area contributed by atoms with E-state index in [1.54, 1.807) is 0 Å². The monoisotopic (exact) mass is 232 g/mol. The molecular formula is C11H24N2OS. The number of likely N-dealkylation sites (N-methyl/N-ethyl adjacent to an activating group) is 1. The summed E-state index contributed by atoms with van der Waals surface area (Å²) in [4.78, 5) is 2.45. The molecule has 2 N–H and O–H groups in total. The topological polar surface area (TPSA) is 38.5 Å². The molecule has 1 heterocycles. The second kappa shape index (κ2) is 6.09. The van der Waals surface area contributed by atoms with Gasteiger partial charge in [0.05, 0.1) is 12.7 Å². The van der Waals surface area contributed by atoms with E-state index in [2.05, 4.69) is 25.7 Å². The third-order valence-electron chi connectivity index (χ3n) is 2.45. The van der Waals surface area contributed by atoms with Gasteiger partial charge < -0.3 is 10.5 Å². The molecule has 4 heteroatoms. The lowest BCUT2D eigenvalue weighted by Crippen LogP contribution is -2.43. The van der Waals surface area contributed by atoms with Crippen molar-refractivity contribution in [2.45, 2.75) is 32.4 Å². The van der Waals surface area contributed by atoms with Crippen LogP contribution in [0.3, 0.4) is 0 Å². The molecule has 1 atom stereocenters. The summed E-state index contributed by atoms with van der Waals surface area (Å²) in [5, 5.41) is 0. The Morgan fingerprint density at radius 1 is 1.53 bits per heavy atom. The molecule has 0 aromatic rings. The van der Waals surface area contributed by atoms with E-state index in [0.29, 0.717) is 6.10 Å². The fourth-order valence-electron chi connectivity index (χ4n) is 1.62. The first-order chi connectivity index (χ1) is 7.01. The van der Waals surface area contributed by atoms with Gasteiger partial charge in [-0.25, -0.2) is 0 Å². The second-order valence-corrected chi connectivity index (χ2v) is 5.92. The van der Waals surface area contributed by atoms with Gasteiger partial charge in [-0.3, -0.25) is 4.90 Å². The average molecular weight is 232 g/mol. The number of thioether (sulfide) groups is 1. The van der Waals surface area contributed by atoms with E-state index >= 15 is 0 Å². The van der Waals surface area contributed by atoms with E-state index in [0.717, 1.165) is 37.7 Å². The average Bonchev–Trinajstić information content (AvgIpc) is 2.16. The molecule has 1 aliphatic rings. The number of nitrogens with zero attached hydrogens (tertiary/aromatic N) is 1. The molecule has 1 aliphatic heterocycles. The van der Waals surface area contributed by atoms with Crippen molar-refractivity contribution in [2.75, 3.05) is 37.7 Å². The van der Waals surface area contributed by atoms with Gasteiger partial charge in [0.25, 0.3) is 0 Å². The summed E-state index contributed by atoms with van der Waals surface area (Å²) in [6.07, 6.45) is 0.394. The Balaban J connectivity index is 2.15. The van der Waals surface area contributed by atoms with Gasteiger partial charge in [-0.15, -0.1) is 0 Å². The number of nitrogens with two attached hydrogens (primary N) is 1. The minimum atomic E-state index is -0.0657. The first-order valence-electron chi connectivity index (χ1n) is 5.72. The molecular weight excluding hydrogens is 208 g/mol. The Labute approximate surface area is 97.7 Å². The van der Waals surface area contributed by atoms with Crippen LogP contribution in [0.25, 0.3) is 0 Å². The van der Waals surface area contributed by atoms with E-state index < -0.39 is 0 Å². The highest BCUT2D eigenvalue weighted by Gasteiger charge is 2.20. The zero-order valence-corrected chi connectivity index (χ0v) is 11.0. The summed E-state index contributed by atoms with van der Waals surface area (Å²) in [5.41, 5.74) is 5.87.